The Bertz CT molecular complexity index is 507. The number of carbonyl (C=O) groups is 4. The molecule has 0 bridgehead atoms. The Labute approximate surface area is 260 Å². The van der Waals surface area contributed by atoms with Gasteiger partial charge in [0.15, 0.2) is 0 Å². The fourth-order valence-electron chi connectivity index (χ4n) is 2.44. The zero-order chi connectivity index (χ0) is 24.8. The van der Waals surface area contributed by atoms with E-state index in [4.69, 9.17) is 0 Å². The summed E-state index contributed by atoms with van der Waals surface area (Å²) in [5.74, 6) is -1.38. The van der Waals surface area contributed by atoms with E-state index in [0.29, 0.717) is 23.3 Å². The summed E-state index contributed by atoms with van der Waals surface area (Å²) in [6, 6.07) is 0. The summed E-state index contributed by atoms with van der Waals surface area (Å²) in [7, 11) is 0. The molecule has 34 heavy (non-hydrogen) atoms. The van der Waals surface area contributed by atoms with Gasteiger partial charge in [0.05, 0.1) is 25.0 Å². The van der Waals surface area contributed by atoms with Crippen LogP contribution in [0.3, 0.4) is 0 Å². The van der Waals surface area contributed by atoms with E-state index in [1.165, 1.54) is 0 Å². The molecule has 0 radical (unpaired) electrons. The smallest absolute Gasteiger partial charge is 2.00 e. The molecule has 0 saturated carbocycles. The summed E-state index contributed by atoms with van der Waals surface area (Å²) in [4.78, 5) is 42.3. The van der Waals surface area contributed by atoms with Crippen molar-refractivity contribution in [3.63, 3.8) is 0 Å². The Morgan fingerprint density at radius 1 is 0.647 bits per heavy atom. The van der Waals surface area contributed by atoms with Crippen LogP contribution in [-0.4, -0.2) is 88.4 Å². The van der Waals surface area contributed by atoms with Gasteiger partial charge in [-0.25, -0.2) is 0 Å². The standard InChI is InChI=1S/2C10H19NO3S2.Na.Zn.H/c2*12-9(11-7-10(13)14)4-2-1-3-8(16)5-6-15;;;/h2*8,15-16H,1-7H2,(H,11,12)(H,13,14);;;/q;;;+2;/p-2. The molecule has 14 heteroatoms. The van der Waals surface area contributed by atoms with Crippen LogP contribution in [-0.2, 0) is 38.7 Å². The first-order valence-corrected chi connectivity index (χ1v) is 12.9. The molecule has 0 rings (SSSR count). The molecule has 0 aromatic heterocycles. The third kappa shape index (κ3) is 35.1. The van der Waals surface area contributed by atoms with Crippen LogP contribution >= 0.6 is 50.5 Å². The second kappa shape index (κ2) is 30.1. The van der Waals surface area contributed by atoms with Crippen LogP contribution in [0.4, 0.5) is 0 Å². The van der Waals surface area contributed by atoms with Gasteiger partial charge in [0.25, 0.3) is 0 Å². The number of nitrogens with one attached hydrogen (secondary N) is 2. The molecule has 2 amide bonds. The molecule has 0 aromatic carbocycles. The van der Waals surface area contributed by atoms with Crippen LogP contribution < -0.4 is 20.8 Å². The Hall–Kier alpha value is 0.903. The average molecular weight is 618 g/mol. The number of hydrogen-bond donors (Lipinski definition) is 6. The molecule has 2 unspecified atom stereocenters. The van der Waals surface area contributed by atoms with E-state index >= 15 is 0 Å². The predicted octanol–water partition coefficient (Wildman–Crippen LogP) is -0.589. The molecule has 0 fully saturated rings. The Kier molecular flexibility index (Phi) is 37.2. The average Bonchev–Trinajstić information content (AvgIpc) is 2.72. The van der Waals surface area contributed by atoms with E-state index in [1.54, 1.807) is 0 Å². The van der Waals surface area contributed by atoms with Gasteiger partial charge >= 0.3 is 49.0 Å². The first kappa shape index (κ1) is 42.0. The second-order valence-corrected chi connectivity index (χ2v) is 9.48. The van der Waals surface area contributed by atoms with Crippen LogP contribution in [0.5, 0.6) is 0 Å². The number of aliphatic carboxylic acids is 2. The maximum Gasteiger partial charge on any atom is 2.00 e. The number of hydrogen-bond acceptors (Lipinski definition) is 10. The van der Waals surface area contributed by atoms with Gasteiger partial charge in [0.1, 0.15) is 0 Å². The number of carbonyl (C=O) groups excluding carboxylic acids is 4. The Balaban J connectivity index is -0.000000250. The van der Waals surface area contributed by atoms with Gasteiger partial charge in [0, 0.05) is 23.3 Å². The summed E-state index contributed by atoms with van der Waals surface area (Å²) in [6.45, 7) is -0.818. The summed E-state index contributed by atoms with van der Waals surface area (Å²) >= 11 is 17.0. The number of rotatable bonds is 18. The molecule has 0 heterocycles. The zero-order valence-corrected chi connectivity index (χ0v) is 25.5. The molecule has 190 valence electrons. The van der Waals surface area contributed by atoms with Gasteiger partial charge in [-0.05, 0) is 50.0 Å². The third-order valence-corrected chi connectivity index (χ3v) is 5.72. The third-order valence-electron chi connectivity index (χ3n) is 4.17. The zero-order valence-electron chi connectivity index (χ0n) is 19.0. The van der Waals surface area contributed by atoms with Crippen LogP contribution in [0.2, 0.25) is 0 Å². The Morgan fingerprint density at radius 3 is 1.24 bits per heavy atom. The molecule has 2 N–H and O–H groups in total. The number of thiol groups is 4. The second-order valence-electron chi connectivity index (χ2n) is 7.12. The normalized spacial score (nSPS) is 11.4. The van der Waals surface area contributed by atoms with Crippen molar-refractivity contribution in [2.24, 2.45) is 0 Å². The predicted molar refractivity (Wildman–Crippen MR) is 143 cm³/mol. The molecule has 0 aliphatic rings. The fraction of sp³-hybridized carbons (Fsp3) is 0.800. The van der Waals surface area contributed by atoms with Crippen molar-refractivity contribution >= 4 is 104 Å². The number of amides is 2. The first-order valence-electron chi connectivity index (χ1n) is 10.6. The maximum absolute atomic E-state index is 11.1. The van der Waals surface area contributed by atoms with E-state index in [-0.39, 0.29) is 60.8 Å². The summed E-state index contributed by atoms with van der Waals surface area (Å²) in [6.07, 6.45) is 7.89. The van der Waals surface area contributed by atoms with Crippen molar-refractivity contribution in [3.8, 4) is 0 Å². The van der Waals surface area contributed by atoms with Gasteiger partial charge in [-0.1, -0.05) is 12.8 Å². The molecular weight excluding hydrogens is 581 g/mol. The largest absolute Gasteiger partial charge is 2.00 e. The van der Waals surface area contributed by atoms with Crippen molar-refractivity contribution in [1.29, 1.82) is 0 Å². The van der Waals surface area contributed by atoms with Crippen molar-refractivity contribution in [3.05, 3.63) is 0 Å². The number of unbranched alkanes of at least 4 members (excludes halogenated alkanes) is 2. The van der Waals surface area contributed by atoms with Crippen molar-refractivity contribution in [2.45, 2.75) is 74.7 Å². The minimum Gasteiger partial charge on any atom is 2.00 e. The van der Waals surface area contributed by atoms with Gasteiger partial charge in [0.2, 0.25) is 11.8 Å². The van der Waals surface area contributed by atoms with Crippen LogP contribution in [0.1, 0.15) is 64.2 Å². The molecule has 8 nitrogen and oxygen atoms in total. The van der Waals surface area contributed by atoms with Gasteiger partial charge in [-0.2, -0.15) is 50.5 Å². The minimum atomic E-state index is -1.27. The molecule has 0 saturated heterocycles. The van der Waals surface area contributed by atoms with Gasteiger partial charge < -0.3 is 30.4 Å². The van der Waals surface area contributed by atoms with Crippen LogP contribution in [0, 0.1) is 0 Å². The quantitative estimate of drug-likeness (QED) is 0.0691. The monoisotopic (exact) mass is 616 g/mol. The molecule has 2 atom stereocenters. The van der Waals surface area contributed by atoms with Crippen molar-refractivity contribution in [2.75, 3.05) is 24.6 Å². The maximum atomic E-state index is 11.1. The molecular formula is C20H37N2NaO6S4Zn. The Morgan fingerprint density at radius 2 is 0.971 bits per heavy atom. The fourth-order valence-corrected chi connectivity index (χ4v) is 4.09. The van der Waals surface area contributed by atoms with Crippen molar-refractivity contribution < 1.29 is 48.9 Å². The van der Waals surface area contributed by atoms with Gasteiger partial charge in [-0.3, -0.25) is 9.59 Å². The topological polar surface area (TPSA) is 138 Å². The van der Waals surface area contributed by atoms with E-state index in [2.05, 4.69) is 61.1 Å². The number of carboxylic acid groups (broad SMARTS) is 2. The SMILES string of the molecule is O=C([O-])CNC(=O)CCCCC(S)CCS.O=C([O-])CNC(=O)CCCCC(S)CCS.[NaH].[Zn+2]. The van der Waals surface area contributed by atoms with E-state index in [9.17, 15) is 29.4 Å². The van der Waals surface area contributed by atoms with Crippen LogP contribution in [0.25, 0.3) is 0 Å². The summed E-state index contributed by atoms with van der Waals surface area (Å²) < 4.78 is 0. The van der Waals surface area contributed by atoms with Crippen LogP contribution in [0.15, 0.2) is 0 Å². The summed E-state index contributed by atoms with van der Waals surface area (Å²) in [5.41, 5.74) is 0. The molecule has 0 spiro atoms. The van der Waals surface area contributed by atoms with E-state index in [1.807, 2.05) is 0 Å². The molecule has 0 aromatic rings. The van der Waals surface area contributed by atoms with Crippen molar-refractivity contribution in [1.82, 2.24) is 10.6 Å². The van der Waals surface area contributed by atoms with E-state index < -0.39 is 25.0 Å². The molecule has 0 aliphatic heterocycles. The molecule has 0 aliphatic carbocycles. The van der Waals surface area contributed by atoms with Gasteiger partial charge in [-0.15, -0.1) is 0 Å². The van der Waals surface area contributed by atoms with E-state index in [0.717, 1.165) is 62.9 Å². The first-order chi connectivity index (χ1) is 15.1. The number of carboxylic acids is 2. The summed E-state index contributed by atoms with van der Waals surface area (Å²) in [5, 5.41) is 25.3. The minimum absolute atomic E-state index is 0.